The standard InChI is InChI=1S/C10H21Br2ClN/c1-5-14(6-2,7-3)8-9(11)10(4,12)13/h9H,5-8H2,1-4H3/q+1. The lowest BCUT2D eigenvalue weighted by Crippen LogP contribution is -2.53. The second-order valence-corrected chi connectivity index (χ2v) is 7.89. The van der Waals surface area contributed by atoms with Crippen LogP contribution >= 0.6 is 43.5 Å². The SMILES string of the molecule is CC[N+](CC)(CC)CC(Br)C(C)(Cl)Br. The Labute approximate surface area is 110 Å². The third-order valence-corrected chi connectivity index (χ3v) is 6.01. The van der Waals surface area contributed by atoms with Crippen LogP contribution in [0.2, 0.25) is 0 Å². The highest BCUT2D eigenvalue weighted by molar-refractivity contribution is 9.13. The minimum atomic E-state index is -0.351. The normalized spacial score (nSPS) is 19.1. The Bertz CT molecular complexity index is 156. The lowest BCUT2D eigenvalue weighted by molar-refractivity contribution is -0.922. The van der Waals surface area contributed by atoms with Crippen LogP contribution < -0.4 is 0 Å². The molecule has 2 unspecified atom stereocenters. The quantitative estimate of drug-likeness (QED) is 0.502. The van der Waals surface area contributed by atoms with Crippen molar-refractivity contribution in [1.82, 2.24) is 0 Å². The lowest BCUT2D eigenvalue weighted by atomic mass is 10.2. The molecule has 0 aromatic rings. The van der Waals surface area contributed by atoms with Crippen molar-refractivity contribution in [2.75, 3.05) is 26.2 Å². The summed E-state index contributed by atoms with van der Waals surface area (Å²) < 4.78 is 0.764. The maximum absolute atomic E-state index is 6.22. The first kappa shape index (κ1) is 15.2. The van der Waals surface area contributed by atoms with E-state index in [2.05, 4.69) is 52.6 Å². The van der Waals surface area contributed by atoms with Crippen LogP contribution in [-0.2, 0) is 0 Å². The van der Waals surface area contributed by atoms with Crippen molar-refractivity contribution in [1.29, 1.82) is 0 Å². The van der Waals surface area contributed by atoms with Crippen LogP contribution in [-0.4, -0.2) is 39.3 Å². The van der Waals surface area contributed by atoms with E-state index in [9.17, 15) is 0 Å². The molecular formula is C10H21Br2ClN+. The number of alkyl halides is 3. The molecule has 0 aliphatic carbocycles. The van der Waals surface area contributed by atoms with Gasteiger partial charge in [0.25, 0.3) is 0 Å². The lowest BCUT2D eigenvalue weighted by Gasteiger charge is -2.39. The fraction of sp³-hybridized carbons (Fsp3) is 1.00. The van der Waals surface area contributed by atoms with Gasteiger partial charge in [0, 0.05) is 0 Å². The summed E-state index contributed by atoms with van der Waals surface area (Å²) in [6.45, 7) is 13.3. The topological polar surface area (TPSA) is 0 Å². The molecule has 0 aliphatic rings. The van der Waals surface area contributed by atoms with Crippen molar-refractivity contribution in [3.05, 3.63) is 0 Å². The zero-order chi connectivity index (χ0) is 11.4. The Morgan fingerprint density at radius 1 is 1.21 bits per heavy atom. The van der Waals surface area contributed by atoms with E-state index in [1.165, 1.54) is 0 Å². The minimum Gasteiger partial charge on any atom is -0.323 e. The van der Waals surface area contributed by atoms with Crippen molar-refractivity contribution < 1.29 is 4.48 Å². The van der Waals surface area contributed by atoms with Crippen LogP contribution in [0.5, 0.6) is 0 Å². The fourth-order valence-electron chi connectivity index (χ4n) is 1.56. The first-order chi connectivity index (χ1) is 6.31. The number of rotatable bonds is 6. The van der Waals surface area contributed by atoms with E-state index in [-0.39, 0.29) is 8.61 Å². The molecule has 0 aromatic heterocycles. The largest absolute Gasteiger partial charge is 0.323 e. The minimum absolute atomic E-state index is 0.288. The van der Waals surface area contributed by atoms with Gasteiger partial charge in [-0.1, -0.05) is 31.9 Å². The summed E-state index contributed by atoms with van der Waals surface area (Å²) in [5, 5.41) is 0. The summed E-state index contributed by atoms with van der Waals surface area (Å²) >= 11 is 13.4. The molecule has 2 atom stereocenters. The zero-order valence-corrected chi connectivity index (χ0v) is 13.4. The maximum atomic E-state index is 6.22. The van der Waals surface area contributed by atoms with Crippen molar-refractivity contribution in [2.24, 2.45) is 0 Å². The molecule has 0 aliphatic heterocycles. The molecule has 0 heterocycles. The van der Waals surface area contributed by atoms with Crippen LogP contribution in [0, 0.1) is 0 Å². The van der Waals surface area contributed by atoms with Crippen molar-refractivity contribution in [3.8, 4) is 0 Å². The molecule has 0 N–H and O–H groups in total. The Morgan fingerprint density at radius 2 is 1.57 bits per heavy atom. The first-order valence-electron chi connectivity index (χ1n) is 5.18. The van der Waals surface area contributed by atoms with Gasteiger partial charge in [-0.25, -0.2) is 0 Å². The molecule has 0 bridgehead atoms. The Morgan fingerprint density at radius 3 is 1.79 bits per heavy atom. The maximum Gasteiger partial charge on any atom is 0.114 e. The van der Waals surface area contributed by atoms with Crippen LogP contribution in [0.25, 0.3) is 0 Å². The second kappa shape index (κ2) is 6.07. The molecule has 0 spiro atoms. The number of hydrogen-bond donors (Lipinski definition) is 0. The summed E-state index contributed by atoms with van der Waals surface area (Å²) in [5.41, 5.74) is 0. The monoisotopic (exact) mass is 348 g/mol. The van der Waals surface area contributed by atoms with Gasteiger partial charge in [0.1, 0.15) is 3.78 Å². The van der Waals surface area contributed by atoms with Gasteiger partial charge in [-0.2, -0.15) is 0 Å². The molecular weight excluding hydrogens is 329 g/mol. The average molecular weight is 351 g/mol. The highest BCUT2D eigenvalue weighted by Gasteiger charge is 2.34. The summed E-state index contributed by atoms with van der Waals surface area (Å²) in [6.07, 6.45) is 0. The number of halogens is 3. The molecule has 0 radical (unpaired) electrons. The first-order valence-corrected chi connectivity index (χ1v) is 7.27. The summed E-state index contributed by atoms with van der Waals surface area (Å²) in [6, 6.07) is 0. The van der Waals surface area contributed by atoms with Gasteiger partial charge in [0.2, 0.25) is 0 Å². The van der Waals surface area contributed by atoms with E-state index in [0.717, 1.165) is 30.7 Å². The predicted octanol–water partition coefficient (Wildman–Crippen LogP) is 3.98. The molecule has 0 fully saturated rings. The smallest absolute Gasteiger partial charge is 0.114 e. The van der Waals surface area contributed by atoms with Crippen molar-refractivity contribution in [2.45, 2.75) is 36.3 Å². The molecule has 86 valence electrons. The van der Waals surface area contributed by atoms with E-state index >= 15 is 0 Å². The highest BCUT2D eigenvalue weighted by Crippen LogP contribution is 2.33. The van der Waals surface area contributed by atoms with Crippen LogP contribution in [0.15, 0.2) is 0 Å². The van der Waals surface area contributed by atoms with Crippen molar-refractivity contribution >= 4 is 43.5 Å². The number of nitrogens with zero attached hydrogens (tertiary/aromatic N) is 1. The van der Waals surface area contributed by atoms with Gasteiger partial charge in [-0.15, -0.1) is 11.6 Å². The molecule has 0 rings (SSSR count). The van der Waals surface area contributed by atoms with Gasteiger partial charge < -0.3 is 4.48 Å². The van der Waals surface area contributed by atoms with Crippen LogP contribution in [0.4, 0.5) is 0 Å². The van der Waals surface area contributed by atoms with E-state index in [4.69, 9.17) is 11.6 Å². The fourth-order valence-corrected chi connectivity index (χ4v) is 2.39. The highest BCUT2D eigenvalue weighted by atomic mass is 79.9. The summed E-state index contributed by atoms with van der Waals surface area (Å²) in [7, 11) is 0. The van der Waals surface area contributed by atoms with E-state index in [1.807, 2.05) is 6.92 Å². The molecule has 0 saturated carbocycles. The van der Waals surface area contributed by atoms with Gasteiger partial charge in [0.05, 0.1) is 31.0 Å². The summed E-state index contributed by atoms with van der Waals surface area (Å²) in [5.74, 6) is 0. The molecule has 0 aromatic carbocycles. The van der Waals surface area contributed by atoms with E-state index in [0.29, 0.717) is 0 Å². The van der Waals surface area contributed by atoms with Crippen LogP contribution in [0.1, 0.15) is 27.7 Å². The molecule has 1 nitrogen and oxygen atoms in total. The van der Waals surface area contributed by atoms with E-state index in [1.54, 1.807) is 0 Å². The molecule has 0 amide bonds. The van der Waals surface area contributed by atoms with Crippen LogP contribution in [0.3, 0.4) is 0 Å². The zero-order valence-electron chi connectivity index (χ0n) is 9.49. The number of hydrogen-bond acceptors (Lipinski definition) is 0. The molecule has 14 heavy (non-hydrogen) atoms. The van der Waals surface area contributed by atoms with Gasteiger partial charge in [0.15, 0.2) is 0 Å². The second-order valence-electron chi connectivity index (χ2n) is 3.90. The van der Waals surface area contributed by atoms with Gasteiger partial charge >= 0.3 is 0 Å². The predicted molar refractivity (Wildman–Crippen MR) is 72.7 cm³/mol. The Hall–Kier alpha value is 1.21. The number of quaternary nitrogens is 1. The van der Waals surface area contributed by atoms with Crippen molar-refractivity contribution in [3.63, 3.8) is 0 Å². The van der Waals surface area contributed by atoms with E-state index < -0.39 is 0 Å². The third-order valence-electron chi connectivity index (χ3n) is 3.11. The molecule has 0 saturated heterocycles. The third kappa shape index (κ3) is 4.38. The Kier molecular flexibility index (Phi) is 6.60. The average Bonchev–Trinajstić information content (AvgIpc) is 2.12. The van der Waals surface area contributed by atoms with Gasteiger partial charge in [-0.05, 0) is 27.7 Å². The molecule has 4 heteroatoms. The van der Waals surface area contributed by atoms with Gasteiger partial charge in [-0.3, -0.25) is 0 Å². The Balaban J connectivity index is 4.45. The summed E-state index contributed by atoms with van der Waals surface area (Å²) in [4.78, 5) is 0.288.